The van der Waals surface area contributed by atoms with Crippen molar-refractivity contribution in [3.05, 3.63) is 42.5 Å². The summed E-state index contributed by atoms with van der Waals surface area (Å²) in [6.45, 7) is 0. The van der Waals surface area contributed by atoms with E-state index >= 15 is 0 Å². The van der Waals surface area contributed by atoms with Crippen LogP contribution in [0, 0.1) is 11.3 Å². The molecule has 1 aliphatic carbocycles. The molecule has 1 fully saturated rings. The first kappa shape index (κ1) is 11.4. The first-order valence-electron chi connectivity index (χ1n) is 5.93. The lowest BCUT2D eigenvalue weighted by Crippen LogP contribution is -2.36. The van der Waals surface area contributed by atoms with Crippen molar-refractivity contribution in [3.63, 3.8) is 0 Å². The molecule has 0 atom stereocenters. The Hall–Kier alpha value is -2.68. The number of para-hydroxylation sites is 1. The maximum Gasteiger partial charge on any atom is 0.292 e. The fourth-order valence-electron chi connectivity index (χ4n) is 1.74. The monoisotopic (exact) mass is 253 g/mol. The van der Waals surface area contributed by atoms with Gasteiger partial charge in [0.2, 0.25) is 5.82 Å². The van der Waals surface area contributed by atoms with Crippen molar-refractivity contribution < 1.29 is 4.79 Å². The van der Waals surface area contributed by atoms with Gasteiger partial charge < -0.3 is 5.32 Å². The van der Waals surface area contributed by atoms with Crippen molar-refractivity contribution in [1.82, 2.24) is 20.1 Å². The standard InChI is InChI=1S/C13H11N5O/c14-8-13(6-7-13)16-12(19)11-15-9-18(17-11)10-4-2-1-3-5-10/h1-5,9H,6-7H2,(H,16,19). The van der Waals surface area contributed by atoms with E-state index in [9.17, 15) is 4.79 Å². The quantitative estimate of drug-likeness (QED) is 0.886. The van der Waals surface area contributed by atoms with E-state index in [0.717, 1.165) is 5.69 Å². The minimum atomic E-state index is -0.699. The van der Waals surface area contributed by atoms with Gasteiger partial charge in [-0.1, -0.05) is 18.2 Å². The number of carbonyl (C=O) groups is 1. The predicted molar refractivity (Wildman–Crippen MR) is 66.4 cm³/mol. The number of rotatable bonds is 3. The highest BCUT2D eigenvalue weighted by Crippen LogP contribution is 2.34. The summed E-state index contributed by atoms with van der Waals surface area (Å²) in [6.07, 6.45) is 2.86. The van der Waals surface area contributed by atoms with E-state index in [0.29, 0.717) is 12.8 Å². The average molecular weight is 253 g/mol. The Balaban J connectivity index is 1.79. The molecule has 0 unspecified atom stereocenters. The summed E-state index contributed by atoms with van der Waals surface area (Å²) in [5, 5.41) is 15.7. The van der Waals surface area contributed by atoms with Gasteiger partial charge in [-0.15, -0.1) is 5.10 Å². The van der Waals surface area contributed by atoms with Gasteiger partial charge in [-0.3, -0.25) is 4.79 Å². The van der Waals surface area contributed by atoms with Gasteiger partial charge >= 0.3 is 0 Å². The number of hydrogen-bond donors (Lipinski definition) is 1. The molecule has 1 amide bonds. The first-order chi connectivity index (χ1) is 9.22. The normalized spacial score (nSPS) is 15.5. The van der Waals surface area contributed by atoms with Gasteiger partial charge in [-0.2, -0.15) is 5.26 Å². The third kappa shape index (κ3) is 2.18. The van der Waals surface area contributed by atoms with E-state index in [1.54, 1.807) is 0 Å². The van der Waals surface area contributed by atoms with E-state index in [1.807, 2.05) is 30.3 Å². The van der Waals surface area contributed by atoms with E-state index < -0.39 is 11.4 Å². The van der Waals surface area contributed by atoms with Crippen LogP contribution in [0.5, 0.6) is 0 Å². The molecule has 3 rings (SSSR count). The number of nitrogens with zero attached hydrogens (tertiary/aromatic N) is 4. The molecule has 1 saturated carbocycles. The maximum absolute atomic E-state index is 11.9. The largest absolute Gasteiger partial charge is 0.331 e. The minimum Gasteiger partial charge on any atom is -0.331 e. The van der Waals surface area contributed by atoms with E-state index in [1.165, 1.54) is 11.0 Å². The van der Waals surface area contributed by atoms with Gasteiger partial charge in [-0.05, 0) is 25.0 Å². The Morgan fingerprint density at radius 3 is 2.74 bits per heavy atom. The summed E-state index contributed by atoms with van der Waals surface area (Å²) in [6, 6.07) is 11.5. The molecule has 6 nitrogen and oxygen atoms in total. The van der Waals surface area contributed by atoms with Gasteiger partial charge in [-0.25, -0.2) is 9.67 Å². The molecule has 0 bridgehead atoms. The van der Waals surface area contributed by atoms with Crippen LogP contribution in [0.3, 0.4) is 0 Å². The van der Waals surface area contributed by atoms with E-state index in [4.69, 9.17) is 5.26 Å². The molecule has 1 heterocycles. The topological polar surface area (TPSA) is 83.6 Å². The lowest BCUT2D eigenvalue weighted by molar-refractivity contribution is 0.0931. The van der Waals surface area contributed by atoms with Crippen molar-refractivity contribution in [2.75, 3.05) is 0 Å². The lowest BCUT2D eigenvalue weighted by atomic mass is 10.3. The van der Waals surface area contributed by atoms with Gasteiger partial charge in [0.25, 0.3) is 5.91 Å². The highest BCUT2D eigenvalue weighted by atomic mass is 16.2. The Bertz CT molecular complexity index is 651. The van der Waals surface area contributed by atoms with Crippen LogP contribution in [-0.2, 0) is 0 Å². The van der Waals surface area contributed by atoms with Crippen molar-refractivity contribution in [3.8, 4) is 11.8 Å². The Morgan fingerprint density at radius 2 is 2.11 bits per heavy atom. The van der Waals surface area contributed by atoms with Crippen LogP contribution < -0.4 is 5.32 Å². The zero-order chi connectivity index (χ0) is 13.3. The third-order valence-corrected chi connectivity index (χ3v) is 3.03. The number of benzene rings is 1. The smallest absolute Gasteiger partial charge is 0.292 e. The molecule has 1 aromatic carbocycles. The summed E-state index contributed by atoms with van der Waals surface area (Å²) in [7, 11) is 0. The molecule has 6 heteroatoms. The molecule has 19 heavy (non-hydrogen) atoms. The van der Waals surface area contributed by atoms with Crippen molar-refractivity contribution in [2.45, 2.75) is 18.4 Å². The second kappa shape index (κ2) is 4.21. The fraction of sp³-hybridized carbons (Fsp3) is 0.231. The van der Waals surface area contributed by atoms with Gasteiger partial charge in [0, 0.05) is 0 Å². The lowest BCUT2D eigenvalue weighted by Gasteiger charge is -2.05. The molecule has 94 valence electrons. The van der Waals surface area contributed by atoms with E-state index in [2.05, 4.69) is 21.5 Å². The second-order valence-electron chi connectivity index (χ2n) is 4.50. The molecule has 0 spiro atoms. The van der Waals surface area contributed by atoms with Gasteiger partial charge in [0.15, 0.2) is 0 Å². The van der Waals surface area contributed by atoms with Crippen LogP contribution in [0.2, 0.25) is 0 Å². The molecule has 1 N–H and O–H groups in total. The molecule has 0 aliphatic heterocycles. The van der Waals surface area contributed by atoms with Gasteiger partial charge in [0.1, 0.15) is 11.9 Å². The zero-order valence-electron chi connectivity index (χ0n) is 10.1. The van der Waals surface area contributed by atoms with Gasteiger partial charge in [0.05, 0.1) is 11.8 Å². The summed E-state index contributed by atoms with van der Waals surface area (Å²) in [5.74, 6) is -0.334. The number of hydrogen-bond acceptors (Lipinski definition) is 4. The summed E-state index contributed by atoms with van der Waals surface area (Å²) in [4.78, 5) is 15.9. The highest BCUT2D eigenvalue weighted by molar-refractivity contribution is 5.91. The maximum atomic E-state index is 11.9. The number of carbonyl (C=O) groups excluding carboxylic acids is 1. The van der Waals surface area contributed by atoms with Crippen LogP contribution in [0.1, 0.15) is 23.5 Å². The van der Waals surface area contributed by atoms with Crippen LogP contribution >= 0.6 is 0 Å². The predicted octanol–water partition coefficient (Wildman–Crippen LogP) is 1.05. The Kier molecular flexibility index (Phi) is 2.53. The summed E-state index contributed by atoms with van der Waals surface area (Å²) < 4.78 is 1.53. The molecular formula is C13H11N5O. The minimum absolute atomic E-state index is 0.0744. The number of nitrogens with one attached hydrogen (secondary N) is 1. The summed E-state index contributed by atoms with van der Waals surface area (Å²) >= 11 is 0. The fourth-order valence-corrected chi connectivity index (χ4v) is 1.74. The molecular weight excluding hydrogens is 242 g/mol. The number of nitriles is 1. The number of amides is 1. The summed E-state index contributed by atoms with van der Waals surface area (Å²) in [5.41, 5.74) is 0.130. The first-order valence-corrected chi connectivity index (χ1v) is 5.93. The number of aromatic nitrogens is 3. The van der Waals surface area contributed by atoms with E-state index in [-0.39, 0.29) is 5.82 Å². The zero-order valence-corrected chi connectivity index (χ0v) is 10.1. The third-order valence-electron chi connectivity index (χ3n) is 3.03. The van der Waals surface area contributed by atoms with Crippen molar-refractivity contribution in [1.29, 1.82) is 5.26 Å². The molecule has 1 aromatic heterocycles. The Labute approximate surface area is 109 Å². The average Bonchev–Trinajstić information content (AvgIpc) is 3.04. The molecule has 0 radical (unpaired) electrons. The second-order valence-corrected chi connectivity index (χ2v) is 4.50. The van der Waals surface area contributed by atoms with Crippen LogP contribution in [-0.4, -0.2) is 26.2 Å². The van der Waals surface area contributed by atoms with Crippen LogP contribution in [0.25, 0.3) is 5.69 Å². The van der Waals surface area contributed by atoms with Crippen molar-refractivity contribution in [2.24, 2.45) is 0 Å². The SMILES string of the molecule is N#CC1(NC(=O)c2ncn(-c3ccccc3)n2)CC1. The highest BCUT2D eigenvalue weighted by Gasteiger charge is 2.45. The van der Waals surface area contributed by atoms with Crippen LogP contribution in [0.4, 0.5) is 0 Å². The molecule has 0 saturated heterocycles. The molecule has 2 aromatic rings. The molecule has 1 aliphatic rings. The Morgan fingerprint density at radius 1 is 1.37 bits per heavy atom. The van der Waals surface area contributed by atoms with Crippen molar-refractivity contribution >= 4 is 5.91 Å². The van der Waals surface area contributed by atoms with Crippen LogP contribution in [0.15, 0.2) is 36.7 Å².